The van der Waals surface area contributed by atoms with E-state index in [1.54, 1.807) is 0 Å². The van der Waals surface area contributed by atoms with Crippen molar-refractivity contribution in [1.82, 2.24) is 4.31 Å². The van der Waals surface area contributed by atoms with Crippen molar-refractivity contribution in [2.75, 3.05) is 7.05 Å². The summed E-state index contributed by atoms with van der Waals surface area (Å²) in [5.74, 6) is -1.22. The highest BCUT2D eigenvalue weighted by Gasteiger charge is 2.40. The minimum Gasteiger partial charge on any atom is -0.480 e. The molecule has 0 saturated heterocycles. The molecule has 96 valence electrons. The number of carbonyl (C=O) groups is 1. The van der Waals surface area contributed by atoms with Crippen LogP contribution in [-0.2, 0) is 14.8 Å². The number of hydrogen-bond acceptors (Lipinski definition) is 4. The Bertz CT molecular complexity index is 535. The molecule has 0 unspecified atom stereocenters. The van der Waals surface area contributed by atoms with E-state index in [9.17, 15) is 13.2 Å². The topological polar surface area (TPSA) is 74.7 Å². The first-order chi connectivity index (χ1) is 7.60. The van der Waals surface area contributed by atoms with Gasteiger partial charge in [0.05, 0.1) is 4.34 Å². The summed E-state index contributed by atoms with van der Waals surface area (Å²) in [4.78, 5) is 11.0. The van der Waals surface area contributed by atoms with E-state index in [-0.39, 0.29) is 4.21 Å². The maximum absolute atomic E-state index is 12.1. The van der Waals surface area contributed by atoms with Crippen LogP contribution in [0.25, 0.3) is 0 Å². The molecule has 1 aromatic rings. The van der Waals surface area contributed by atoms with Crippen LogP contribution in [0, 0.1) is 0 Å². The zero-order chi connectivity index (χ0) is 13.4. The number of hydrogen-bond donors (Lipinski definition) is 1. The zero-order valence-electron chi connectivity index (χ0n) is 9.47. The predicted octanol–water partition coefficient (Wildman–Crippen LogP) is 1.89. The van der Waals surface area contributed by atoms with Crippen LogP contribution in [0.3, 0.4) is 0 Å². The van der Waals surface area contributed by atoms with Crippen LogP contribution in [0.5, 0.6) is 0 Å². The Hall–Kier alpha value is -0.630. The van der Waals surface area contributed by atoms with Crippen molar-refractivity contribution in [3.05, 3.63) is 16.5 Å². The maximum Gasteiger partial charge on any atom is 0.324 e. The van der Waals surface area contributed by atoms with E-state index in [4.69, 9.17) is 16.7 Å². The number of sulfonamides is 1. The fourth-order valence-electron chi connectivity index (χ4n) is 1.01. The molecule has 0 amide bonds. The fraction of sp³-hybridized carbons (Fsp3) is 0.444. The van der Waals surface area contributed by atoms with Gasteiger partial charge in [0.15, 0.2) is 0 Å². The molecule has 0 aliphatic carbocycles. The Kier molecular flexibility index (Phi) is 3.87. The number of aliphatic carboxylic acids is 1. The Morgan fingerprint density at radius 3 is 2.35 bits per heavy atom. The van der Waals surface area contributed by atoms with Gasteiger partial charge in [-0.15, -0.1) is 11.3 Å². The van der Waals surface area contributed by atoms with Crippen LogP contribution in [0.4, 0.5) is 0 Å². The van der Waals surface area contributed by atoms with Crippen LogP contribution in [0.2, 0.25) is 4.34 Å². The third-order valence-electron chi connectivity index (χ3n) is 2.47. The van der Waals surface area contributed by atoms with E-state index in [0.29, 0.717) is 4.34 Å². The van der Waals surface area contributed by atoms with Crippen LogP contribution in [0.15, 0.2) is 16.3 Å². The Labute approximate surface area is 109 Å². The number of thiophene rings is 1. The summed E-state index contributed by atoms with van der Waals surface area (Å²) in [6, 6.07) is 2.82. The Balaban J connectivity index is 3.20. The first kappa shape index (κ1) is 14.4. The van der Waals surface area contributed by atoms with Crippen LogP contribution < -0.4 is 0 Å². The molecule has 0 bridgehead atoms. The van der Waals surface area contributed by atoms with Gasteiger partial charge in [0.1, 0.15) is 9.75 Å². The molecule has 1 heterocycles. The second-order valence-corrected chi connectivity index (χ2v) is 7.81. The number of rotatable bonds is 4. The molecule has 1 N–H and O–H groups in total. The highest BCUT2D eigenvalue weighted by molar-refractivity contribution is 7.91. The summed E-state index contributed by atoms with van der Waals surface area (Å²) in [6.45, 7) is 2.64. The van der Waals surface area contributed by atoms with Crippen molar-refractivity contribution in [3.63, 3.8) is 0 Å². The molecule has 8 heteroatoms. The molecule has 0 spiro atoms. The normalized spacial score (nSPS) is 13.0. The lowest BCUT2D eigenvalue weighted by atomic mass is 10.1. The molecule has 0 atom stereocenters. The molecule has 17 heavy (non-hydrogen) atoms. The minimum absolute atomic E-state index is 0.0272. The maximum atomic E-state index is 12.1. The van der Waals surface area contributed by atoms with E-state index < -0.39 is 21.5 Å². The van der Waals surface area contributed by atoms with Crippen molar-refractivity contribution >= 4 is 38.9 Å². The van der Waals surface area contributed by atoms with Gasteiger partial charge in [-0.1, -0.05) is 11.6 Å². The lowest BCUT2D eigenvalue weighted by molar-refractivity contribution is -0.145. The number of likely N-dealkylation sites (N-methyl/N-ethyl adjacent to an activating group) is 1. The van der Waals surface area contributed by atoms with Crippen molar-refractivity contribution in [2.24, 2.45) is 0 Å². The Morgan fingerprint density at radius 2 is 2.00 bits per heavy atom. The SMILES string of the molecule is CN(C(C)(C)C(=O)O)S(=O)(=O)c1ccc(Cl)s1. The molecule has 1 aromatic heterocycles. The van der Waals surface area contributed by atoms with Gasteiger partial charge in [-0.2, -0.15) is 4.31 Å². The third kappa shape index (κ3) is 2.62. The monoisotopic (exact) mass is 297 g/mol. The van der Waals surface area contributed by atoms with Crippen molar-refractivity contribution in [2.45, 2.75) is 23.6 Å². The van der Waals surface area contributed by atoms with Crippen LogP contribution >= 0.6 is 22.9 Å². The van der Waals surface area contributed by atoms with E-state index in [1.807, 2.05) is 0 Å². The Morgan fingerprint density at radius 1 is 1.47 bits per heavy atom. The minimum atomic E-state index is -3.83. The van der Waals surface area contributed by atoms with Gasteiger partial charge >= 0.3 is 5.97 Å². The summed E-state index contributed by atoms with van der Waals surface area (Å²) in [5, 5.41) is 9.00. The van der Waals surface area contributed by atoms with Gasteiger partial charge in [-0.05, 0) is 26.0 Å². The van der Waals surface area contributed by atoms with Gasteiger partial charge in [0, 0.05) is 7.05 Å². The number of carboxylic acid groups (broad SMARTS) is 1. The molecule has 0 saturated carbocycles. The average molecular weight is 298 g/mol. The quantitative estimate of drug-likeness (QED) is 0.921. The lowest BCUT2D eigenvalue weighted by Gasteiger charge is -2.29. The van der Waals surface area contributed by atoms with E-state index >= 15 is 0 Å². The predicted molar refractivity (Wildman–Crippen MR) is 66.0 cm³/mol. The highest BCUT2D eigenvalue weighted by Crippen LogP contribution is 2.30. The van der Waals surface area contributed by atoms with Gasteiger partial charge in [0.2, 0.25) is 0 Å². The van der Waals surface area contributed by atoms with Gasteiger partial charge in [0.25, 0.3) is 10.0 Å². The summed E-state index contributed by atoms with van der Waals surface area (Å²) < 4.78 is 25.4. The third-order valence-corrected chi connectivity index (χ3v) is 6.20. The molecule has 0 radical (unpaired) electrons. The van der Waals surface area contributed by atoms with Crippen LogP contribution in [0.1, 0.15) is 13.8 Å². The fourth-order valence-corrected chi connectivity index (χ4v) is 4.14. The molecule has 1 rings (SSSR count). The summed E-state index contributed by atoms with van der Waals surface area (Å²) in [7, 11) is -2.60. The van der Waals surface area contributed by atoms with Crippen molar-refractivity contribution in [1.29, 1.82) is 0 Å². The molecule has 0 fully saturated rings. The molecule has 0 aliphatic rings. The largest absolute Gasteiger partial charge is 0.480 e. The first-order valence-electron chi connectivity index (χ1n) is 4.58. The number of nitrogens with zero attached hydrogens (tertiary/aromatic N) is 1. The summed E-state index contributed by atoms with van der Waals surface area (Å²) in [5.41, 5.74) is -1.52. The first-order valence-corrected chi connectivity index (χ1v) is 7.21. The second-order valence-electron chi connectivity index (χ2n) is 3.90. The van der Waals surface area contributed by atoms with Gasteiger partial charge < -0.3 is 5.11 Å². The van der Waals surface area contributed by atoms with E-state index in [2.05, 4.69) is 0 Å². The average Bonchev–Trinajstić information content (AvgIpc) is 2.63. The molecule has 5 nitrogen and oxygen atoms in total. The van der Waals surface area contributed by atoms with E-state index in [0.717, 1.165) is 15.6 Å². The molecular weight excluding hydrogens is 286 g/mol. The highest BCUT2D eigenvalue weighted by atomic mass is 35.5. The molecule has 0 aromatic carbocycles. The van der Waals surface area contributed by atoms with Gasteiger partial charge in [-0.3, -0.25) is 4.79 Å². The van der Waals surface area contributed by atoms with Crippen LogP contribution in [-0.4, -0.2) is 36.4 Å². The van der Waals surface area contributed by atoms with Crippen molar-refractivity contribution in [3.8, 4) is 0 Å². The lowest BCUT2D eigenvalue weighted by Crippen LogP contribution is -2.50. The zero-order valence-corrected chi connectivity index (χ0v) is 11.9. The molecule has 0 aliphatic heterocycles. The van der Waals surface area contributed by atoms with E-state index in [1.165, 1.54) is 33.0 Å². The molecular formula is C9H12ClNO4S2. The number of carboxylic acids is 1. The van der Waals surface area contributed by atoms with Crippen molar-refractivity contribution < 1.29 is 18.3 Å². The smallest absolute Gasteiger partial charge is 0.324 e. The summed E-state index contributed by atoms with van der Waals surface area (Å²) in [6.07, 6.45) is 0. The standard InChI is InChI=1S/C9H12ClNO4S2/c1-9(2,8(12)13)11(3)17(14,15)7-5-4-6(10)16-7/h4-5H,1-3H3,(H,12,13). The summed E-state index contributed by atoms with van der Waals surface area (Å²) >= 11 is 6.56. The number of halogens is 1. The second kappa shape index (κ2) is 4.56. The van der Waals surface area contributed by atoms with Gasteiger partial charge in [-0.25, -0.2) is 8.42 Å².